The van der Waals surface area contributed by atoms with Crippen molar-refractivity contribution < 1.29 is 0 Å². The van der Waals surface area contributed by atoms with E-state index in [0.717, 1.165) is 29.7 Å². The Balaban J connectivity index is 1.87. The lowest BCUT2D eigenvalue weighted by Crippen LogP contribution is -2.01. The van der Waals surface area contributed by atoms with E-state index in [1.807, 2.05) is 0 Å². The number of nitrogens with two attached hydrogens (primary N) is 1. The summed E-state index contributed by atoms with van der Waals surface area (Å²) in [6.45, 7) is 2.73. The molecule has 0 aliphatic carbocycles. The Hall–Kier alpha value is -2.13. The molecular weight excluding hydrogens is 258 g/mol. The average Bonchev–Trinajstić information content (AvgIpc) is 2.82. The summed E-state index contributed by atoms with van der Waals surface area (Å²) in [5, 5.41) is 0. The molecule has 2 N–H and O–H groups in total. The molecule has 0 aliphatic rings. The van der Waals surface area contributed by atoms with E-state index < -0.39 is 0 Å². The lowest BCUT2D eigenvalue weighted by molar-refractivity contribution is 0.785. The smallest absolute Gasteiger partial charge is 0.109 e. The second-order valence-corrected chi connectivity index (χ2v) is 5.54. The van der Waals surface area contributed by atoms with E-state index in [9.17, 15) is 0 Å². The lowest BCUT2D eigenvalue weighted by atomic mass is 10.0. The predicted molar refractivity (Wildman–Crippen MR) is 87.2 cm³/mol. The van der Waals surface area contributed by atoms with Crippen LogP contribution in [0.1, 0.15) is 22.5 Å². The molecule has 0 bridgehead atoms. The van der Waals surface area contributed by atoms with Gasteiger partial charge in [-0.05, 0) is 42.2 Å². The van der Waals surface area contributed by atoms with Crippen LogP contribution >= 0.6 is 0 Å². The number of aryl methyl sites for hydroxylation is 4. The molecule has 1 aromatic heterocycles. The second kappa shape index (κ2) is 5.70. The molecule has 3 heteroatoms. The zero-order valence-electron chi connectivity index (χ0n) is 12.6. The lowest BCUT2D eigenvalue weighted by Gasteiger charge is -2.05. The van der Waals surface area contributed by atoms with E-state index in [0.29, 0.717) is 6.54 Å². The molecule has 0 fully saturated rings. The van der Waals surface area contributed by atoms with Gasteiger partial charge in [-0.3, -0.25) is 0 Å². The molecule has 0 atom stereocenters. The van der Waals surface area contributed by atoms with Gasteiger partial charge >= 0.3 is 0 Å². The summed E-state index contributed by atoms with van der Waals surface area (Å²) >= 11 is 0. The van der Waals surface area contributed by atoms with Gasteiger partial charge in [0.2, 0.25) is 0 Å². The largest absolute Gasteiger partial charge is 0.331 e. The number of nitrogens with zero attached hydrogens (tertiary/aromatic N) is 2. The van der Waals surface area contributed by atoms with Crippen molar-refractivity contribution >= 4 is 11.0 Å². The summed E-state index contributed by atoms with van der Waals surface area (Å²) in [7, 11) is 2.09. The Morgan fingerprint density at radius 1 is 1.10 bits per heavy atom. The topological polar surface area (TPSA) is 43.8 Å². The molecule has 21 heavy (non-hydrogen) atoms. The molecule has 0 amide bonds. The minimum atomic E-state index is 0.561. The van der Waals surface area contributed by atoms with Crippen molar-refractivity contribution in [1.29, 1.82) is 0 Å². The maximum absolute atomic E-state index is 5.70. The van der Waals surface area contributed by atoms with Crippen LogP contribution in [0.25, 0.3) is 11.0 Å². The van der Waals surface area contributed by atoms with Gasteiger partial charge in [-0.1, -0.05) is 30.3 Å². The molecule has 0 aliphatic heterocycles. The fraction of sp³-hybridized carbons (Fsp3) is 0.278. The highest BCUT2D eigenvalue weighted by Gasteiger charge is 2.09. The van der Waals surface area contributed by atoms with Gasteiger partial charge in [-0.25, -0.2) is 4.98 Å². The molecule has 0 saturated carbocycles. The number of hydrogen-bond donors (Lipinski definition) is 1. The van der Waals surface area contributed by atoms with Gasteiger partial charge in [0.15, 0.2) is 0 Å². The number of aromatic nitrogens is 2. The molecule has 108 valence electrons. The Bertz CT molecular complexity index is 771. The molecule has 3 aromatic rings. The van der Waals surface area contributed by atoms with Crippen molar-refractivity contribution in [2.75, 3.05) is 0 Å². The molecule has 3 nitrogen and oxygen atoms in total. The first-order chi connectivity index (χ1) is 10.2. The molecule has 3 rings (SSSR count). The van der Waals surface area contributed by atoms with Crippen molar-refractivity contribution in [3.8, 4) is 0 Å². The van der Waals surface area contributed by atoms with E-state index in [1.165, 1.54) is 16.6 Å². The van der Waals surface area contributed by atoms with E-state index in [4.69, 9.17) is 10.7 Å². The van der Waals surface area contributed by atoms with Gasteiger partial charge in [-0.2, -0.15) is 0 Å². The van der Waals surface area contributed by atoms with Crippen LogP contribution in [0.2, 0.25) is 0 Å². The summed E-state index contributed by atoms with van der Waals surface area (Å²) in [6.07, 6.45) is 1.97. The van der Waals surface area contributed by atoms with Gasteiger partial charge < -0.3 is 10.3 Å². The molecular formula is C18H21N3. The van der Waals surface area contributed by atoms with Crippen LogP contribution in [-0.4, -0.2) is 9.55 Å². The fourth-order valence-corrected chi connectivity index (χ4v) is 2.78. The van der Waals surface area contributed by atoms with Crippen molar-refractivity contribution in [2.24, 2.45) is 12.8 Å². The Labute approximate surface area is 125 Å². The maximum atomic E-state index is 5.70. The number of rotatable bonds is 4. The normalized spacial score (nSPS) is 11.2. The first kappa shape index (κ1) is 13.8. The van der Waals surface area contributed by atoms with Gasteiger partial charge in [0.1, 0.15) is 5.82 Å². The minimum absolute atomic E-state index is 0.561. The van der Waals surface area contributed by atoms with Gasteiger partial charge in [0.25, 0.3) is 0 Å². The van der Waals surface area contributed by atoms with Crippen molar-refractivity contribution in [3.63, 3.8) is 0 Å². The van der Waals surface area contributed by atoms with Crippen LogP contribution in [0.4, 0.5) is 0 Å². The average molecular weight is 279 g/mol. The number of hydrogen-bond acceptors (Lipinski definition) is 2. The molecule has 0 spiro atoms. The Kier molecular flexibility index (Phi) is 3.76. The molecule has 1 heterocycles. The number of benzene rings is 2. The highest BCUT2D eigenvalue weighted by atomic mass is 15.1. The summed E-state index contributed by atoms with van der Waals surface area (Å²) < 4.78 is 2.19. The molecule has 0 radical (unpaired) electrons. The van der Waals surface area contributed by atoms with Crippen LogP contribution in [0, 0.1) is 6.92 Å². The molecule has 2 aromatic carbocycles. The highest BCUT2D eigenvalue weighted by molar-refractivity contribution is 5.76. The van der Waals surface area contributed by atoms with Gasteiger partial charge in [0, 0.05) is 20.0 Å². The predicted octanol–water partition coefficient (Wildman–Crippen LogP) is 3.13. The number of fused-ring (bicyclic) bond motifs is 1. The van der Waals surface area contributed by atoms with Crippen LogP contribution in [0.15, 0.2) is 42.5 Å². The van der Waals surface area contributed by atoms with Crippen molar-refractivity contribution in [3.05, 3.63) is 65.0 Å². The Morgan fingerprint density at radius 2 is 1.90 bits per heavy atom. The minimum Gasteiger partial charge on any atom is -0.331 e. The number of imidazole rings is 1. The third-order valence-corrected chi connectivity index (χ3v) is 4.15. The zero-order valence-corrected chi connectivity index (χ0v) is 12.6. The second-order valence-electron chi connectivity index (χ2n) is 5.54. The van der Waals surface area contributed by atoms with Gasteiger partial charge in [0.05, 0.1) is 11.0 Å². The van der Waals surface area contributed by atoms with Crippen LogP contribution in [0.5, 0.6) is 0 Å². The van der Waals surface area contributed by atoms with E-state index >= 15 is 0 Å². The fourth-order valence-electron chi connectivity index (χ4n) is 2.78. The highest BCUT2D eigenvalue weighted by Crippen LogP contribution is 2.18. The van der Waals surface area contributed by atoms with E-state index in [2.05, 4.69) is 61.0 Å². The van der Waals surface area contributed by atoms with Crippen LogP contribution in [-0.2, 0) is 26.4 Å². The maximum Gasteiger partial charge on any atom is 0.109 e. The zero-order chi connectivity index (χ0) is 14.8. The van der Waals surface area contributed by atoms with Crippen molar-refractivity contribution in [1.82, 2.24) is 9.55 Å². The Morgan fingerprint density at radius 3 is 2.67 bits per heavy atom. The van der Waals surface area contributed by atoms with Gasteiger partial charge in [-0.15, -0.1) is 0 Å². The van der Waals surface area contributed by atoms with E-state index in [-0.39, 0.29) is 0 Å². The first-order valence-electron chi connectivity index (χ1n) is 7.38. The summed E-state index contributed by atoms with van der Waals surface area (Å²) in [5.41, 5.74) is 11.8. The third kappa shape index (κ3) is 2.69. The monoisotopic (exact) mass is 279 g/mol. The van der Waals surface area contributed by atoms with E-state index in [1.54, 1.807) is 0 Å². The first-order valence-corrected chi connectivity index (χ1v) is 7.38. The summed E-state index contributed by atoms with van der Waals surface area (Å²) in [4.78, 5) is 4.77. The quantitative estimate of drug-likeness (QED) is 0.797. The van der Waals surface area contributed by atoms with Crippen molar-refractivity contribution in [2.45, 2.75) is 26.3 Å². The molecule has 0 saturated heterocycles. The third-order valence-electron chi connectivity index (χ3n) is 4.15. The summed E-state index contributed by atoms with van der Waals surface area (Å²) in [5.74, 6) is 1.13. The SMILES string of the molecule is Cc1ccccc1CCc1nc2cc(CN)ccc2n1C. The van der Waals surface area contributed by atoms with Crippen LogP contribution in [0.3, 0.4) is 0 Å². The van der Waals surface area contributed by atoms with Crippen LogP contribution < -0.4 is 5.73 Å². The summed E-state index contributed by atoms with van der Waals surface area (Å²) in [6, 6.07) is 14.8. The standard InChI is InChI=1S/C18H21N3/c1-13-5-3-4-6-15(13)8-10-18-20-16-11-14(12-19)7-9-17(16)21(18)2/h3-7,9,11H,8,10,12,19H2,1-2H3. The molecule has 0 unspecified atom stereocenters.